The highest BCUT2D eigenvalue weighted by Crippen LogP contribution is 2.14. The van der Waals surface area contributed by atoms with Crippen molar-refractivity contribution in [2.45, 2.75) is 12.8 Å². The number of likely N-dealkylation sites (tertiary alicyclic amines) is 1. The molecule has 0 aromatic rings. The van der Waals surface area contributed by atoms with Crippen LogP contribution in [0.3, 0.4) is 0 Å². The van der Waals surface area contributed by atoms with Crippen LogP contribution in [0.4, 0.5) is 0 Å². The predicted octanol–water partition coefficient (Wildman–Crippen LogP) is 1.10. The number of nitrogens with zero attached hydrogens (tertiary/aromatic N) is 3. The van der Waals surface area contributed by atoms with Crippen LogP contribution in [-0.2, 0) is 4.74 Å². The van der Waals surface area contributed by atoms with Crippen molar-refractivity contribution in [2.24, 2.45) is 16.8 Å². The number of rotatable bonds is 4. The van der Waals surface area contributed by atoms with Gasteiger partial charge in [0.15, 0.2) is 5.96 Å². The molecule has 0 aromatic carbocycles. The summed E-state index contributed by atoms with van der Waals surface area (Å²) >= 11 is 0. The highest BCUT2D eigenvalue weighted by Gasteiger charge is 2.21. The number of guanidine groups is 1. The molecule has 0 radical (unpaired) electrons. The van der Waals surface area contributed by atoms with Crippen LogP contribution in [0.5, 0.6) is 0 Å². The lowest BCUT2D eigenvalue weighted by atomic mass is 10.1. The third-order valence-corrected chi connectivity index (χ3v) is 4.17. The quantitative estimate of drug-likeness (QED) is 0.439. The van der Waals surface area contributed by atoms with E-state index in [-0.39, 0.29) is 24.0 Å². The molecule has 2 heterocycles. The Morgan fingerprint density at radius 2 is 2.20 bits per heavy atom. The summed E-state index contributed by atoms with van der Waals surface area (Å²) in [5, 5.41) is 3.51. The molecule has 2 fully saturated rings. The van der Waals surface area contributed by atoms with E-state index in [0.29, 0.717) is 5.92 Å². The maximum Gasteiger partial charge on any atom is 0.193 e. The van der Waals surface area contributed by atoms with Crippen molar-refractivity contribution >= 4 is 29.9 Å². The van der Waals surface area contributed by atoms with Crippen molar-refractivity contribution in [3.05, 3.63) is 0 Å². The maximum atomic E-state index is 5.43. The molecule has 0 aromatic heterocycles. The van der Waals surface area contributed by atoms with Gasteiger partial charge in [-0.05, 0) is 32.4 Å². The molecule has 0 amide bonds. The number of hydrogen-bond acceptors (Lipinski definition) is 3. The average Bonchev–Trinajstić information content (AvgIpc) is 3.02. The van der Waals surface area contributed by atoms with Crippen LogP contribution in [0.15, 0.2) is 4.99 Å². The number of ether oxygens (including phenoxy) is 1. The Labute approximate surface area is 140 Å². The summed E-state index contributed by atoms with van der Waals surface area (Å²) < 4.78 is 5.43. The first kappa shape index (κ1) is 18.0. The number of halogens is 1. The smallest absolute Gasteiger partial charge is 0.193 e. The number of hydrogen-bond donors (Lipinski definition) is 1. The molecule has 5 nitrogen and oxygen atoms in total. The molecule has 0 saturated carbocycles. The van der Waals surface area contributed by atoms with Crippen molar-refractivity contribution in [3.8, 4) is 0 Å². The van der Waals surface area contributed by atoms with Crippen molar-refractivity contribution in [1.29, 1.82) is 0 Å². The molecule has 2 saturated heterocycles. The average molecular weight is 396 g/mol. The Balaban J connectivity index is 0.00000200. The van der Waals surface area contributed by atoms with Crippen LogP contribution in [0.2, 0.25) is 0 Å². The first-order chi connectivity index (χ1) is 9.19. The highest BCUT2D eigenvalue weighted by molar-refractivity contribution is 14.0. The zero-order chi connectivity index (χ0) is 13.7. The Morgan fingerprint density at radius 1 is 1.40 bits per heavy atom. The van der Waals surface area contributed by atoms with Gasteiger partial charge in [-0.3, -0.25) is 4.99 Å². The van der Waals surface area contributed by atoms with Crippen LogP contribution in [0, 0.1) is 11.8 Å². The van der Waals surface area contributed by atoms with E-state index >= 15 is 0 Å². The van der Waals surface area contributed by atoms with E-state index in [9.17, 15) is 0 Å². The lowest BCUT2D eigenvalue weighted by Gasteiger charge is -2.25. The number of aliphatic imine (C=N–C) groups is 1. The van der Waals surface area contributed by atoms with Gasteiger partial charge in [0.2, 0.25) is 0 Å². The summed E-state index contributed by atoms with van der Waals surface area (Å²) in [6.07, 6.45) is 2.47. The Morgan fingerprint density at radius 3 is 2.75 bits per heavy atom. The largest absolute Gasteiger partial charge is 0.381 e. The van der Waals surface area contributed by atoms with E-state index in [2.05, 4.69) is 34.2 Å². The maximum absolute atomic E-state index is 5.43. The molecular formula is C14H29IN4O. The molecule has 2 rings (SSSR count). The molecular weight excluding hydrogens is 367 g/mol. The molecule has 2 unspecified atom stereocenters. The Kier molecular flexibility index (Phi) is 8.13. The zero-order valence-electron chi connectivity index (χ0n) is 13.0. The Hall–Kier alpha value is -0.0800. The molecule has 1 N–H and O–H groups in total. The van der Waals surface area contributed by atoms with E-state index in [1.54, 1.807) is 0 Å². The summed E-state index contributed by atoms with van der Waals surface area (Å²) in [5.74, 6) is 2.42. The second-order valence-electron chi connectivity index (χ2n) is 5.96. The monoisotopic (exact) mass is 396 g/mol. The highest BCUT2D eigenvalue weighted by atomic mass is 127. The SMILES string of the molecule is CN=C(NCC1CCN(C)C1)N(C)CC1CCOC1.I. The fourth-order valence-corrected chi connectivity index (χ4v) is 3.01. The third kappa shape index (κ3) is 5.37. The first-order valence-electron chi connectivity index (χ1n) is 7.37. The first-order valence-corrected chi connectivity index (χ1v) is 7.37. The minimum Gasteiger partial charge on any atom is -0.381 e. The Bertz CT molecular complexity index is 308. The van der Waals surface area contributed by atoms with Gasteiger partial charge in [0, 0.05) is 46.3 Å². The van der Waals surface area contributed by atoms with E-state index in [1.165, 1.54) is 25.9 Å². The summed E-state index contributed by atoms with van der Waals surface area (Å²) in [4.78, 5) is 9.02. The minimum absolute atomic E-state index is 0. The predicted molar refractivity (Wildman–Crippen MR) is 93.9 cm³/mol. The van der Waals surface area contributed by atoms with Crippen molar-refractivity contribution < 1.29 is 4.74 Å². The van der Waals surface area contributed by atoms with Crippen molar-refractivity contribution in [2.75, 3.05) is 60.5 Å². The van der Waals surface area contributed by atoms with Crippen molar-refractivity contribution in [3.63, 3.8) is 0 Å². The normalized spacial score (nSPS) is 27.4. The van der Waals surface area contributed by atoms with E-state index in [0.717, 1.165) is 38.2 Å². The van der Waals surface area contributed by atoms with Gasteiger partial charge in [-0.2, -0.15) is 0 Å². The fraction of sp³-hybridized carbons (Fsp3) is 0.929. The molecule has 6 heteroatoms. The van der Waals surface area contributed by atoms with E-state index < -0.39 is 0 Å². The number of nitrogens with one attached hydrogen (secondary N) is 1. The third-order valence-electron chi connectivity index (χ3n) is 4.17. The standard InChI is InChI=1S/C14H28N4O.HI/c1-15-14(16-8-12-4-6-17(2)9-12)18(3)10-13-5-7-19-11-13;/h12-13H,4-11H2,1-3H3,(H,15,16);1H. The van der Waals surface area contributed by atoms with Crippen LogP contribution in [0.1, 0.15) is 12.8 Å². The zero-order valence-corrected chi connectivity index (χ0v) is 15.3. The molecule has 2 aliphatic heterocycles. The molecule has 20 heavy (non-hydrogen) atoms. The topological polar surface area (TPSA) is 40.1 Å². The molecule has 0 spiro atoms. The van der Waals surface area contributed by atoms with Gasteiger partial charge in [-0.25, -0.2) is 0 Å². The summed E-state index contributed by atoms with van der Waals surface area (Å²) in [6, 6.07) is 0. The molecule has 0 aliphatic carbocycles. The van der Waals surface area contributed by atoms with Gasteiger partial charge >= 0.3 is 0 Å². The van der Waals surface area contributed by atoms with Gasteiger partial charge in [-0.15, -0.1) is 24.0 Å². The van der Waals surface area contributed by atoms with E-state index in [4.69, 9.17) is 4.74 Å². The second-order valence-corrected chi connectivity index (χ2v) is 5.96. The summed E-state index contributed by atoms with van der Waals surface area (Å²) in [7, 11) is 6.18. The summed E-state index contributed by atoms with van der Waals surface area (Å²) in [5.41, 5.74) is 0. The van der Waals surface area contributed by atoms with E-state index in [1.807, 2.05) is 7.05 Å². The second kappa shape index (κ2) is 9.04. The lowest BCUT2D eigenvalue weighted by molar-refractivity contribution is 0.181. The van der Waals surface area contributed by atoms with Crippen LogP contribution >= 0.6 is 24.0 Å². The van der Waals surface area contributed by atoms with Gasteiger partial charge in [0.05, 0.1) is 6.61 Å². The molecule has 118 valence electrons. The van der Waals surface area contributed by atoms with Gasteiger partial charge in [0.25, 0.3) is 0 Å². The van der Waals surface area contributed by atoms with Crippen LogP contribution in [0.25, 0.3) is 0 Å². The van der Waals surface area contributed by atoms with Gasteiger partial charge in [-0.1, -0.05) is 0 Å². The minimum atomic E-state index is 0. The van der Waals surface area contributed by atoms with Crippen LogP contribution < -0.4 is 5.32 Å². The molecule has 2 aliphatic rings. The van der Waals surface area contributed by atoms with Crippen molar-refractivity contribution in [1.82, 2.24) is 15.1 Å². The summed E-state index contributed by atoms with van der Waals surface area (Å²) in [6.45, 7) is 6.30. The van der Waals surface area contributed by atoms with Gasteiger partial charge in [0.1, 0.15) is 0 Å². The fourth-order valence-electron chi connectivity index (χ4n) is 3.01. The molecule has 2 atom stereocenters. The van der Waals surface area contributed by atoms with Gasteiger partial charge < -0.3 is 19.9 Å². The lowest BCUT2D eigenvalue weighted by Crippen LogP contribution is -2.43. The molecule has 0 bridgehead atoms. The van der Waals surface area contributed by atoms with Crippen LogP contribution in [-0.4, -0.2) is 76.3 Å².